The number of fused-ring (bicyclic) bond motifs is 1. The molecule has 1 saturated heterocycles. The van der Waals surface area contributed by atoms with Gasteiger partial charge < -0.3 is 9.47 Å². The fourth-order valence-corrected chi connectivity index (χ4v) is 4.51. The molecular formula is C23H30N4O3. The normalized spacial score (nSPS) is 19.2. The summed E-state index contributed by atoms with van der Waals surface area (Å²) < 4.78 is 10.8. The van der Waals surface area contributed by atoms with Crippen LogP contribution in [-0.4, -0.2) is 54.7 Å². The van der Waals surface area contributed by atoms with E-state index in [-0.39, 0.29) is 11.9 Å². The lowest BCUT2D eigenvalue weighted by Gasteiger charge is -2.31. The number of ether oxygens (including phenoxy) is 2. The summed E-state index contributed by atoms with van der Waals surface area (Å²) in [7, 11) is 3.38. The van der Waals surface area contributed by atoms with Crippen molar-refractivity contribution in [2.45, 2.75) is 45.2 Å². The van der Waals surface area contributed by atoms with Crippen LogP contribution in [0, 0.1) is 6.92 Å². The average Bonchev–Trinajstić information content (AvgIpc) is 3.23. The Bertz CT molecular complexity index is 917. The molecular weight excluding hydrogens is 380 g/mol. The van der Waals surface area contributed by atoms with Crippen molar-refractivity contribution in [1.82, 2.24) is 14.9 Å². The van der Waals surface area contributed by atoms with Gasteiger partial charge >= 0.3 is 0 Å². The van der Waals surface area contributed by atoms with E-state index in [0.29, 0.717) is 26.0 Å². The molecule has 0 N–H and O–H groups in total. The Hall–Kier alpha value is -2.51. The molecule has 1 aromatic carbocycles. The van der Waals surface area contributed by atoms with Gasteiger partial charge in [-0.1, -0.05) is 18.2 Å². The highest BCUT2D eigenvalue weighted by molar-refractivity contribution is 5.95. The van der Waals surface area contributed by atoms with Crippen LogP contribution >= 0.6 is 0 Å². The summed E-state index contributed by atoms with van der Waals surface area (Å²) in [6, 6.07) is 8.00. The molecule has 1 amide bonds. The number of anilines is 1. The molecule has 1 atom stereocenters. The van der Waals surface area contributed by atoms with Crippen LogP contribution in [0.3, 0.4) is 0 Å². The van der Waals surface area contributed by atoms with E-state index >= 15 is 0 Å². The minimum Gasteiger partial charge on any atom is -0.496 e. The van der Waals surface area contributed by atoms with Gasteiger partial charge in [0.2, 0.25) is 5.91 Å². The van der Waals surface area contributed by atoms with Crippen LogP contribution in [0.1, 0.15) is 47.9 Å². The number of carbonyl (C=O) groups is 1. The lowest BCUT2D eigenvalue weighted by Crippen LogP contribution is -2.37. The second kappa shape index (κ2) is 9.10. The Kier molecular flexibility index (Phi) is 6.29. The lowest BCUT2D eigenvalue weighted by atomic mass is 10.0. The Labute approximate surface area is 178 Å². The van der Waals surface area contributed by atoms with Crippen molar-refractivity contribution in [3.05, 3.63) is 46.9 Å². The lowest BCUT2D eigenvalue weighted by molar-refractivity contribution is -0.119. The first-order chi connectivity index (χ1) is 14.6. The molecule has 1 fully saturated rings. The number of benzene rings is 1. The maximum Gasteiger partial charge on any atom is 0.228 e. The fourth-order valence-electron chi connectivity index (χ4n) is 4.51. The first-order valence-electron chi connectivity index (χ1n) is 10.6. The summed E-state index contributed by atoms with van der Waals surface area (Å²) in [5.74, 6) is 2.46. The van der Waals surface area contributed by atoms with Gasteiger partial charge in [-0.05, 0) is 38.8 Å². The van der Waals surface area contributed by atoms with Crippen LogP contribution in [0.25, 0.3) is 0 Å². The van der Waals surface area contributed by atoms with E-state index < -0.39 is 0 Å². The first-order valence-corrected chi connectivity index (χ1v) is 10.6. The summed E-state index contributed by atoms with van der Waals surface area (Å²) in [6.07, 6.45) is 3.33. The molecule has 0 bridgehead atoms. The smallest absolute Gasteiger partial charge is 0.228 e. The van der Waals surface area contributed by atoms with Gasteiger partial charge in [-0.25, -0.2) is 9.97 Å². The molecule has 4 rings (SSSR count). The highest BCUT2D eigenvalue weighted by Crippen LogP contribution is 2.35. The summed E-state index contributed by atoms with van der Waals surface area (Å²) >= 11 is 0. The number of aromatic nitrogens is 2. The van der Waals surface area contributed by atoms with Crippen molar-refractivity contribution in [1.29, 1.82) is 0 Å². The van der Waals surface area contributed by atoms with E-state index in [0.717, 1.165) is 60.1 Å². The van der Waals surface area contributed by atoms with Gasteiger partial charge in [0.15, 0.2) is 0 Å². The Morgan fingerprint density at radius 3 is 2.80 bits per heavy atom. The van der Waals surface area contributed by atoms with Gasteiger partial charge in [0.1, 0.15) is 17.4 Å². The summed E-state index contributed by atoms with van der Waals surface area (Å²) in [6.45, 7) is 5.07. The van der Waals surface area contributed by atoms with Gasteiger partial charge in [-0.2, -0.15) is 0 Å². The van der Waals surface area contributed by atoms with Crippen LogP contribution in [0.15, 0.2) is 24.3 Å². The summed E-state index contributed by atoms with van der Waals surface area (Å²) in [4.78, 5) is 26.9. The van der Waals surface area contributed by atoms with E-state index in [1.807, 2.05) is 36.1 Å². The topological polar surface area (TPSA) is 67.8 Å². The van der Waals surface area contributed by atoms with Crippen molar-refractivity contribution in [2.24, 2.45) is 0 Å². The molecule has 2 aliphatic rings. The number of likely N-dealkylation sites (tertiary alicyclic amines) is 1. The third-order valence-electron chi connectivity index (χ3n) is 6.12. The Morgan fingerprint density at radius 2 is 2.00 bits per heavy atom. The molecule has 1 aromatic heterocycles. The maximum atomic E-state index is 12.9. The standard InChI is InChI=1S/C23H30N4O3/c1-16-18-10-11-21(28)27(15-17-7-4-5-9-20(17)30-3)23(18)25-22(24-16)19-8-6-12-26(19)13-14-29-2/h4-5,7,9,19H,6,8,10-15H2,1-3H3/t19-/m0/s1. The zero-order valence-electron chi connectivity index (χ0n) is 18.1. The zero-order valence-corrected chi connectivity index (χ0v) is 18.1. The number of methoxy groups -OCH3 is 2. The third kappa shape index (κ3) is 4.04. The SMILES string of the molecule is COCCN1CCC[C@H]1c1nc(C)c2c(n1)N(Cc1ccccc1OC)C(=O)CC2. The van der Waals surface area contributed by atoms with Crippen LogP contribution in [-0.2, 0) is 22.5 Å². The van der Waals surface area contributed by atoms with Crippen LogP contribution < -0.4 is 9.64 Å². The first kappa shape index (κ1) is 20.8. The van der Waals surface area contributed by atoms with E-state index in [2.05, 4.69) is 4.90 Å². The zero-order chi connectivity index (χ0) is 21.1. The molecule has 2 aromatic rings. The van der Waals surface area contributed by atoms with Crippen LogP contribution in [0.2, 0.25) is 0 Å². The highest BCUT2D eigenvalue weighted by atomic mass is 16.5. The molecule has 2 aliphatic heterocycles. The molecule has 0 aliphatic carbocycles. The number of carbonyl (C=O) groups excluding carboxylic acids is 1. The van der Waals surface area contributed by atoms with Gasteiger partial charge in [0.25, 0.3) is 0 Å². The van der Waals surface area contributed by atoms with Crippen molar-refractivity contribution >= 4 is 11.7 Å². The maximum absolute atomic E-state index is 12.9. The van der Waals surface area contributed by atoms with Gasteiger partial charge in [-0.15, -0.1) is 0 Å². The van der Waals surface area contributed by atoms with Crippen molar-refractivity contribution < 1.29 is 14.3 Å². The van der Waals surface area contributed by atoms with Crippen LogP contribution in [0.5, 0.6) is 5.75 Å². The number of aryl methyl sites for hydroxylation is 1. The number of hydrogen-bond donors (Lipinski definition) is 0. The highest BCUT2D eigenvalue weighted by Gasteiger charge is 2.33. The predicted molar refractivity (Wildman–Crippen MR) is 115 cm³/mol. The third-order valence-corrected chi connectivity index (χ3v) is 6.12. The predicted octanol–water partition coefficient (Wildman–Crippen LogP) is 3.06. The molecule has 7 heteroatoms. The molecule has 160 valence electrons. The second-order valence-electron chi connectivity index (χ2n) is 7.95. The molecule has 0 radical (unpaired) electrons. The second-order valence-corrected chi connectivity index (χ2v) is 7.95. The van der Waals surface area contributed by atoms with E-state index in [1.54, 1.807) is 14.2 Å². The number of rotatable bonds is 7. The Morgan fingerprint density at radius 1 is 1.17 bits per heavy atom. The van der Waals surface area contributed by atoms with Gasteiger partial charge in [0.05, 0.1) is 26.3 Å². The number of para-hydroxylation sites is 1. The molecule has 0 saturated carbocycles. The summed E-state index contributed by atoms with van der Waals surface area (Å²) in [5, 5.41) is 0. The van der Waals surface area contributed by atoms with E-state index in [1.165, 1.54) is 0 Å². The fraction of sp³-hybridized carbons (Fsp3) is 0.522. The molecule has 0 unspecified atom stereocenters. The van der Waals surface area contributed by atoms with E-state index in [9.17, 15) is 4.79 Å². The average molecular weight is 411 g/mol. The van der Waals surface area contributed by atoms with Crippen LogP contribution in [0.4, 0.5) is 5.82 Å². The summed E-state index contributed by atoms with van der Waals surface area (Å²) in [5.41, 5.74) is 3.03. The largest absolute Gasteiger partial charge is 0.496 e. The van der Waals surface area contributed by atoms with Gasteiger partial charge in [-0.3, -0.25) is 14.6 Å². The Balaban J connectivity index is 1.69. The van der Waals surface area contributed by atoms with Crippen molar-refractivity contribution in [2.75, 3.05) is 38.8 Å². The monoisotopic (exact) mass is 410 g/mol. The quantitative estimate of drug-likeness (QED) is 0.699. The van der Waals surface area contributed by atoms with E-state index in [4.69, 9.17) is 19.4 Å². The van der Waals surface area contributed by atoms with Crippen molar-refractivity contribution in [3.63, 3.8) is 0 Å². The molecule has 30 heavy (non-hydrogen) atoms. The van der Waals surface area contributed by atoms with Gasteiger partial charge in [0, 0.05) is 36.9 Å². The molecule has 3 heterocycles. The molecule has 7 nitrogen and oxygen atoms in total. The molecule has 0 spiro atoms. The van der Waals surface area contributed by atoms with Crippen molar-refractivity contribution in [3.8, 4) is 5.75 Å². The number of amides is 1. The number of hydrogen-bond acceptors (Lipinski definition) is 6. The minimum atomic E-state index is 0.0973. The minimum absolute atomic E-state index is 0.0973. The number of nitrogens with zero attached hydrogens (tertiary/aromatic N) is 4.